The first kappa shape index (κ1) is 10.4. The Bertz CT molecular complexity index is 310. The molecule has 1 aromatic heterocycles. The molecule has 1 aromatic rings. The highest BCUT2D eigenvalue weighted by atomic mass is 16.5. The Kier molecular flexibility index (Phi) is 3.53. The molecule has 0 bridgehead atoms. The average molecular weight is 207 g/mol. The number of methoxy groups -OCH3 is 1. The summed E-state index contributed by atoms with van der Waals surface area (Å²) in [6, 6.07) is 5.91. The van der Waals surface area contributed by atoms with Crippen LogP contribution in [0.25, 0.3) is 0 Å². The molecule has 2 heterocycles. The Balaban J connectivity index is 1.96. The van der Waals surface area contributed by atoms with E-state index in [-0.39, 0.29) is 0 Å². The molecule has 1 fully saturated rings. The number of pyridine rings is 1. The van der Waals surface area contributed by atoms with Crippen molar-refractivity contribution in [2.45, 2.75) is 6.54 Å². The van der Waals surface area contributed by atoms with E-state index in [1.807, 2.05) is 18.2 Å². The van der Waals surface area contributed by atoms with Crippen LogP contribution in [0.5, 0.6) is 5.88 Å². The van der Waals surface area contributed by atoms with E-state index in [9.17, 15) is 0 Å². The summed E-state index contributed by atoms with van der Waals surface area (Å²) in [6.07, 6.45) is 0. The first-order valence-electron chi connectivity index (χ1n) is 5.31. The first-order valence-corrected chi connectivity index (χ1v) is 5.31. The largest absolute Gasteiger partial charge is 0.481 e. The number of hydrogen-bond acceptors (Lipinski definition) is 4. The molecular weight excluding hydrogens is 190 g/mol. The Morgan fingerprint density at radius 1 is 1.40 bits per heavy atom. The van der Waals surface area contributed by atoms with Crippen LogP contribution < -0.4 is 10.1 Å². The number of aromatic nitrogens is 1. The molecule has 1 saturated heterocycles. The van der Waals surface area contributed by atoms with Crippen molar-refractivity contribution in [3.8, 4) is 5.88 Å². The molecule has 15 heavy (non-hydrogen) atoms. The van der Waals surface area contributed by atoms with Gasteiger partial charge in [0, 0.05) is 38.8 Å². The normalized spacial score (nSPS) is 17.7. The van der Waals surface area contributed by atoms with Gasteiger partial charge in [0.1, 0.15) is 0 Å². The van der Waals surface area contributed by atoms with E-state index in [1.54, 1.807) is 7.11 Å². The number of nitrogens with one attached hydrogen (secondary N) is 1. The van der Waals surface area contributed by atoms with Crippen LogP contribution in [0.4, 0.5) is 0 Å². The van der Waals surface area contributed by atoms with Gasteiger partial charge in [-0.3, -0.25) is 4.90 Å². The maximum absolute atomic E-state index is 5.10. The Morgan fingerprint density at radius 3 is 2.93 bits per heavy atom. The van der Waals surface area contributed by atoms with Crippen molar-refractivity contribution in [1.82, 2.24) is 15.2 Å². The predicted octanol–water partition coefficient (Wildman–Crippen LogP) is 0.495. The average Bonchev–Trinajstić information content (AvgIpc) is 2.31. The van der Waals surface area contributed by atoms with Crippen LogP contribution in [0.1, 0.15) is 5.69 Å². The molecule has 0 amide bonds. The molecule has 1 aliphatic rings. The molecule has 1 aliphatic heterocycles. The van der Waals surface area contributed by atoms with Gasteiger partial charge in [-0.1, -0.05) is 6.07 Å². The smallest absolute Gasteiger partial charge is 0.213 e. The van der Waals surface area contributed by atoms with E-state index in [0.717, 1.165) is 38.4 Å². The van der Waals surface area contributed by atoms with Crippen molar-refractivity contribution in [3.63, 3.8) is 0 Å². The summed E-state index contributed by atoms with van der Waals surface area (Å²) in [7, 11) is 1.65. The van der Waals surface area contributed by atoms with E-state index in [2.05, 4.69) is 15.2 Å². The van der Waals surface area contributed by atoms with Gasteiger partial charge in [-0.25, -0.2) is 4.98 Å². The molecule has 0 saturated carbocycles. The highest BCUT2D eigenvalue weighted by Gasteiger charge is 2.10. The van der Waals surface area contributed by atoms with Gasteiger partial charge in [-0.05, 0) is 6.07 Å². The van der Waals surface area contributed by atoms with Crippen molar-refractivity contribution < 1.29 is 4.74 Å². The Labute approximate surface area is 90.3 Å². The number of hydrogen-bond donors (Lipinski definition) is 1. The summed E-state index contributed by atoms with van der Waals surface area (Å²) < 4.78 is 5.10. The van der Waals surface area contributed by atoms with Gasteiger partial charge in [-0.2, -0.15) is 0 Å². The second-order valence-corrected chi connectivity index (χ2v) is 3.70. The number of ether oxygens (including phenoxy) is 1. The summed E-state index contributed by atoms with van der Waals surface area (Å²) in [5, 5.41) is 3.34. The maximum atomic E-state index is 5.10. The third kappa shape index (κ3) is 2.91. The number of nitrogens with zero attached hydrogens (tertiary/aromatic N) is 2. The molecule has 0 radical (unpaired) electrons. The lowest BCUT2D eigenvalue weighted by atomic mass is 10.3. The topological polar surface area (TPSA) is 37.4 Å². The number of piperazine rings is 1. The molecule has 0 spiro atoms. The maximum Gasteiger partial charge on any atom is 0.213 e. The lowest BCUT2D eigenvalue weighted by Crippen LogP contribution is -2.43. The third-order valence-corrected chi connectivity index (χ3v) is 2.59. The van der Waals surface area contributed by atoms with E-state index in [0.29, 0.717) is 5.88 Å². The molecule has 0 atom stereocenters. The highest BCUT2D eigenvalue weighted by Crippen LogP contribution is 2.09. The van der Waals surface area contributed by atoms with Crippen LogP contribution >= 0.6 is 0 Å². The fraction of sp³-hybridized carbons (Fsp3) is 0.545. The standard InChI is InChI=1S/C11H17N3O/c1-15-11-4-2-3-10(13-11)9-14-7-5-12-6-8-14/h2-4,12H,5-9H2,1H3. The summed E-state index contributed by atoms with van der Waals surface area (Å²) >= 11 is 0. The minimum atomic E-state index is 0.697. The Hall–Kier alpha value is -1.13. The van der Waals surface area contributed by atoms with Crippen molar-refractivity contribution in [1.29, 1.82) is 0 Å². The van der Waals surface area contributed by atoms with Gasteiger partial charge in [0.25, 0.3) is 0 Å². The summed E-state index contributed by atoms with van der Waals surface area (Å²) in [5.74, 6) is 0.697. The molecule has 4 nitrogen and oxygen atoms in total. The predicted molar refractivity (Wildman–Crippen MR) is 58.9 cm³/mol. The van der Waals surface area contributed by atoms with Crippen LogP contribution in [0, 0.1) is 0 Å². The minimum Gasteiger partial charge on any atom is -0.481 e. The summed E-state index contributed by atoms with van der Waals surface area (Å²) in [5.41, 5.74) is 1.08. The zero-order chi connectivity index (χ0) is 10.5. The first-order chi connectivity index (χ1) is 7.38. The van der Waals surface area contributed by atoms with Crippen LogP contribution in [-0.4, -0.2) is 43.2 Å². The fourth-order valence-electron chi connectivity index (χ4n) is 1.76. The van der Waals surface area contributed by atoms with Crippen molar-refractivity contribution >= 4 is 0 Å². The highest BCUT2D eigenvalue weighted by molar-refractivity contribution is 5.15. The lowest BCUT2D eigenvalue weighted by molar-refractivity contribution is 0.230. The van der Waals surface area contributed by atoms with Gasteiger partial charge in [0.05, 0.1) is 12.8 Å². The van der Waals surface area contributed by atoms with E-state index in [1.165, 1.54) is 0 Å². The van der Waals surface area contributed by atoms with Gasteiger partial charge in [0.15, 0.2) is 0 Å². The van der Waals surface area contributed by atoms with Crippen molar-refractivity contribution in [2.24, 2.45) is 0 Å². The molecular formula is C11H17N3O. The molecule has 0 aromatic carbocycles. The minimum absolute atomic E-state index is 0.697. The molecule has 0 aliphatic carbocycles. The molecule has 82 valence electrons. The second kappa shape index (κ2) is 5.09. The molecule has 4 heteroatoms. The van der Waals surface area contributed by atoms with E-state index < -0.39 is 0 Å². The summed E-state index contributed by atoms with van der Waals surface area (Å²) in [6.45, 7) is 5.25. The van der Waals surface area contributed by atoms with Crippen molar-refractivity contribution in [2.75, 3.05) is 33.3 Å². The zero-order valence-corrected chi connectivity index (χ0v) is 9.07. The van der Waals surface area contributed by atoms with Crippen LogP contribution in [0.3, 0.4) is 0 Å². The molecule has 2 rings (SSSR count). The monoisotopic (exact) mass is 207 g/mol. The SMILES string of the molecule is COc1cccc(CN2CCNCC2)n1. The van der Waals surface area contributed by atoms with E-state index in [4.69, 9.17) is 4.74 Å². The lowest BCUT2D eigenvalue weighted by Gasteiger charge is -2.26. The Morgan fingerprint density at radius 2 is 2.20 bits per heavy atom. The van der Waals surface area contributed by atoms with Gasteiger partial charge in [-0.15, -0.1) is 0 Å². The fourth-order valence-corrected chi connectivity index (χ4v) is 1.76. The second-order valence-electron chi connectivity index (χ2n) is 3.70. The van der Waals surface area contributed by atoms with Crippen molar-refractivity contribution in [3.05, 3.63) is 23.9 Å². The molecule has 0 unspecified atom stereocenters. The van der Waals surface area contributed by atoms with Gasteiger partial charge >= 0.3 is 0 Å². The third-order valence-electron chi connectivity index (χ3n) is 2.59. The zero-order valence-electron chi connectivity index (χ0n) is 9.07. The van der Waals surface area contributed by atoms with Gasteiger partial charge < -0.3 is 10.1 Å². The van der Waals surface area contributed by atoms with Gasteiger partial charge in [0.2, 0.25) is 5.88 Å². The van der Waals surface area contributed by atoms with Crippen LogP contribution in [-0.2, 0) is 6.54 Å². The van der Waals surface area contributed by atoms with Crippen LogP contribution in [0.15, 0.2) is 18.2 Å². The van der Waals surface area contributed by atoms with Crippen LogP contribution in [0.2, 0.25) is 0 Å². The molecule has 1 N–H and O–H groups in total. The van der Waals surface area contributed by atoms with E-state index >= 15 is 0 Å². The summed E-state index contributed by atoms with van der Waals surface area (Å²) in [4.78, 5) is 6.80. The number of rotatable bonds is 3. The quantitative estimate of drug-likeness (QED) is 0.783.